The van der Waals surface area contributed by atoms with Crippen molar-refractivity contribution in [2.24, 2.45) is 5.84 Å². The van der Waals surface area contributed by atoms with Crippen LogP contribution in [0.1, 0.15) is 0 Å². The number of halogens is 2. The second kappa shape index (κ2) is 5.53. The van der Waals surface area contributed by atoms with E-state index in [9.17, 15) is 0 Å². The van der Waals surface area contributed by atoms with Crippen molar-refractivity contribution in [1.29, 1.82) is 0 Å². The van der Waals surface area contributed by atoms with Crippen LogP contribution in [-0.4, -0.2) is 19.8 Å². The van der Waals surface area contributed by atoms with E-state index in [-0.39, 0.29) is 24.8 Å². The molecule has 1 aliphatic rings. The zero-order valence-corrected chi connectivity index (χ0v) is 9.48. The van der Waals surface area contributed by atoms with Crippen molar-refractivity contribution in [3.05, 3.63) is 30.3 Å². The van der Waals surface area contributed by atoms with Gasteiger partial charge in [-0.15, -0.1) is 24.8 Å². The number of rotatable bonds is 1. The van der Waals surface area contributed by atoms with E-state index in [0.717, 1.165) is 19.8 Å². The zero-order valence-electron chi connectivity index (χ0n) is 7.85. The maximum Gasteiger partial charge on any atom is 0.155 e. The lowest BCUT2D eigenvalue weighted by Crippen LogP contribution is -2.54. The van der Waals surface area contributed by atoms with E-state index in [4.69, 9.17) is 5.84 Å². The summed E-state index contributed by atoms with van der Waals surface area (Å²) in [5, 5.41) is 3.26. The molecule has 0 amide bonds. The molecule has 3 nitrogen and oxygen atoms in total. The minimum Gasteiger partial charge on any atom is -0.263 e. The molecule has 0 bridgehead atoms. The minimum atomic E-state index is 0. The first-order chi connectivity index (χ1) is 5.81. The van der Waals surface area contributed by atoms with Gasteiger partial charge < -0.3 is 0 Å². The third kappa shape index (κ3) is 2.59. The Morgan fingerprint density at radius 2 is 1.79 bits per heavy atom. The molecule has 1 aromatic carbocycles. The zero-order chi connectivity index (χ0) is 8.44. The van der Waals surface area contributed by atoms with E-state index < -0.39 is 0 Å². The predicted octanol–water partition coefficient (Wildman–Crippen LogP) is 1.27. The molecule has 1 heterocycles. The van der Waals surface area contributed by atoms with Gasteiger partial charge in [0.15, 0.2) is 12.4 Å². The second-order valence-corrected chi connectivity index (χ2v) is 3.25. The lowest BCUT2D eigenvalue weighted by Gasteiger charge is -2.25. The van der Waals surface area contributed by atoms with Gasteiger partial charge in [0.2, 0.25) is 0 Å². The van der Waals surface area contributed by atoms with E-state index >= 15 is 0 Å². The van der Waals surface area contributed by atoms with Gasteiger partial charge in [-0.25, -0.2) is 4.59 Å². The number of hydrogen-bond acceptors (Lipinski definition) is 2. The molecule has 0 aromatic heterocycles. The molecule has 0 saturated carbocycles. The summed E-state index contributed by atoms with van der Waals surface area (Å²) in [6.45, 7) is 2.82. The Hall–Kier alpha value is -0.320. The number of para-hydroxylation sites is 1. The molecule has 80 valence electrons. The molecule has 2 rings (SSSR count). The predicted molar refractivity (Wildman–Crippen MR) is 64.7 cm³/mol. The largest absolute Gasteiger partial charge is 0.263 e. The first kappa shape index (κ1) is 13.7. The van der Waals surface area contributed by atoms with Crippen LogP contribution in [0.3, 0.4) is 0 Å². The van der Waals surface area contributed by atoms with Crippen molar-refractivity contribution >= 4 is 30.5 Å². The van der Waals surface area contributed by atoms with Crippen LogP contribution in [-0.2, 0) is 0 Å². The summed E-state index contributed by atoms with van der Waals surface area (Å²) in [6.07, 6.45) is 0. The highest BCUT2D eigenvalue weighted by atomic mass is 35.5. The third-order valence-corrected chi connectivity index (χ3v) is 2.35. The van der Waals surface area contributed by atoms with Crippen LogP contribution >= 0.6 is 24.8 Å². The second-order valence-electron chi connectivity index (χ2n) is 3.25. The summed E-state index contributed by atoms with van der Waals surface area (Å²) < 4.78 is 0.529. The number of benzene rings is 1. The molecule has 1 aliphatic heterocycles. The molecule has 0 spiro atoms. The van der Waals surface area contributed by atoms with Crippen LogP contribution in [0.15, 0.2) is 30.3 Å². The SMILES string of the molecule is Cl.Cl.N[N+]1(c2ccccc2)CCNC1. The molecule has 5 heteroatoms. The standard InChI is InChI=1S/C9H14N3.2ClH/c10-12(7-6-11-8-12)9-4-2-1-3-5-9;;/h1-5,11H,6-8,10H2;2*1H/q+1;;. The van der Waals surface area contributed by atoms with Crippen LogP contribution < -0.4 is 15.8 Å². The normalized spacial score (nSPS) is 24.9. The molecule has 1 saturated heterocycles. The number of nitrogens with two attached hydrogens (primary N) is 1. The summed E-state index contributed by atoms with van der Waals surface area (Å²) in [4.78, 5) is 0. The number of nitrogens with one attached hydrogen (secondary N) is 1. The third-order valence-electron chi connectivity index (χ3n) is 2.35. The fourth-order valence-electron chi connectivity index (χ4n) is 1.58. The molecule has 1 aromatic rings. The Kier molecular flexibility index (Phi) is 5.41. The summed E-state index contributed by atoms with van der Waals surface area (Å²) in [5.74, 6) is 6.16. The molecule has 14 heavy (non-hydrogen) atoms. The Morgan fingerprint density at radius 1 is 1.14 bits per heavy atom. The van der Waals surface area contributed by atoms with Gasteiger partial charge in [-0.2, -0.15) is 5.84 Å². The highest BCUT2D eigenvalue weighted by Crippen LogP contribution is 2.18. The van der Waals surface area contributed by atoms with Gasteiger partial charge in [0.1, 0.15) is 6.54 Å². The first-order valence-corrected chi connectivity index (χ1v) is 4.23. The maximum atomic E-state index is 6.16. The Balaban J connectivity index is 0.000000845. The van der Waals surface area contributed by atoms with Crippen LogP contribution in [0.25, 0.3) is 0 Å². The monoisotopic (exact) mass is 236 g/mol. The first-order valence-electron chi connectivity index (χ1n) is 4.23. The van der Waals surface area contributed by atoms with Gasteiger partial charge in [-0.1, -0.05) is 18.2 Å². The van der Waals surface area contributed by atoms with Crippen molar-refractivity contribution in [2.75, 3.05) is 19.8 Å². The molecular formula is C9H16Cl2N3+. The lowest BCUT2D eigenvalue weighted by molar-refractivity contribution is 0.343. The molecule has 1 fully saturated rings. The van der Waals surface area contributed by atoms with Gasteiger partial charge in [0.25, 0.3) is 0 Å². The quantitative estimate of drug-likeness (QED) is 0.570. The van der Waals surface area contributed by atoms with Gasteiger partial charge >= 0.3 is 0 Å². The van der Waals surface area contributed by atoms with Crippen LogP contribution in [0.4, 0.5) is 5.69 Å². The van der Waals surface area contributed by atoms with E-state index in [1.54, 1.807) is 0 Å². The van der Waals surface area contributed by atoms with Crippen LogP contribution in [0.5, 0.6) is 0 Å². The van der Waals surface area contributed by atoms with Crippen molar-refractivity contribution in [3.8, 4) is 0 Å². The van der Waals surface area contributed by atoms with Crippen molar-refractivity contribution in [3.63, 3.8) is 0 Å². The summed E-state index contributed by atoms with van der Waals surface area (Å²) in [7, 11) is 0. The fourth-order valence-corrected chi connectivity index (χ4v) is 1.58. The van der Waals surface area contributed by atoms with E-state index in [1.807, 2.05) is 18.2 Å². The molecule has 0 aliphatic carbocycles. The summed E-state index contributed by atoms with van der Waals surface area (Å²) in [6, 6.07) is 10.2. The number of nitrogens with zero attached hydrogens (tertiary/aromatic N) is 1. The molecule has 1 unspecified atom stereocenters. The van der Waals surface area contributed by atoms with Crippen molar-refractivity contribution in [2.45, 2.75) is 0 Å². The van der Waals surface area contributed by atoms with Crippen molar-refractivity contribution < 1.29 is 0 Å². The van der Waals surface area contributed by atoms with Gasteiger partial charge in [0.05, 0.1) is 6.54 Å². The Morgan fingerprint density at radius 3 is 2.29 bits per heavy atom. The number of quaternary nitrogens is 1. The lowest BCUT2D eigenvalue weighted by atomic mass is 10.3. The summed E-state index contributed by atoms with van der Waals surface area (Å²) >= 11 is 0. The van der Waals surface area contributed by atoms with Crippen LogP contribution in [0.2, 0.25) is 0 Å². The highest BCUT2D eigenvalue weighted by molar-refractivity contribution is 5.85. The van der Waals surface area contributed by atoms with Gasteiger partial charge in [-0.05, 0) is 0 Å². The summed E-state index contributed by atoms with van der Waals surface area (Å²) in [5.41, 5.74) is 1.18. The average Bonchev–Trinajstić information content (AvgIpc) is 2.55. The molecule has 1 atom stereocenters. The van der Waals surface area contributed by atoms with Gasteiger partial charge in [-0.3, -0.25) is 5.32 Å². The Labute approximate surface area is 96.7 Å². The van der Waals surface area contributed by atoms with E-state index in [1.165, 1.54) is 5.69 Å². The highest BCUT2D eigenvalue weighted by Gasteiger charge is 2.30. The van der Waals surface area contributed by atoms with Crippen molar-refractivity contribution in [1.82, 2.24) is 9.91 Å². The molecule has 3 N–H and O–H groups in total. The smallest absolute Gasteiger partial charge is 0.155 e. The number of hydrogen-bond donors (Lipinski definition) is 2. The maximum absolute atomic E-state index is 6.16. The average molecular weight is 237 g/mol. The van der Waals surface area contributed by atoms with E-state index in [0.29, 0.717) is 4.59 Å². The molecular weight excluding hydrogens is 221 g/mol. The minimum absolute atomic E-state index is 0. The fraction of sp³-hybridized carbons (Fsp3) is 0.333. The Bertz CT molecular complexity index is 260. The topological polar surface area (TPSA) is 38.0 Å². The van der Waals surface area contributed by atoms with E-state index in [2.05, 4.69) is 17.4 Å². The molecule has 0 radical (unpaired) electrons. The van der Waals surface area contributed by atoms with Gasteiger partial charge in [0, 0.05) is 12.1 Å². The van der Waals surface area contributed by atoms with Crippen LogP contribution in [0, 0.1) is 0 Å².